The van der Waals surface area contributed by atoms with Crippen LogP contribution in [0.25, 0.3) is 10.9 Å². The minimum absolute atomic E-state index is 0.0859. The highest BCUT2D eigenvalue weighted by atomic mass is 32.2. The van der Waals surface area contributed by atoms with Gasteiger partial charge >= 0.3 is 5.97 Å². The van der Waals surface area contributed by atoms with E-state index < -0.39 is 0 Å². The molecule has 0 N–H and O–H groups in total. The first-order valence-electron chi connectivity index (χ1n) is 8.36. The molecule has 1 fully saturated rings. The minimum atomic E-state index is -0.384. The van der Waals surface area contributed by atoms with Crippen LogP contribution in [0.5, 0.6) is 0 Å². The molecule has 25 heavy (non-hydrogen) atoms. The minimum Gasteiger partial charge on any atom is -0.469 e. The number of benzene rings is 1. The third kappa shape index (κ3) is 3.92. The van der Waals surface area contributed by atoms with Crippen LogP contribution in [0.2, 0.25) is 0 Å². The first-order valence-corrected chi connectivity index (χ1v) is 9.24. The zero-order valence-corrected chi connectivity index (χ0v) is 14.9. The summed E-state index contributed by atoms with van der Waals surface area (Å²) >= 11 is 1.34. The molecule has 6 nitrogen and oxygen atoms in total. The number of hydrogen-bond acceptors (Lipinski definition) is 6. The van der Waals surface area contributed by atoms with E-state index in [1.807, 2.05) is 6.07 Å². The van der Waals surface area contributed by atoms with Gasteiger partial charge in [-0.25, -0.2) is 4.98 Å². The number of methoxy groups -OCH3 is 1. The Morgan fingerprint density at radius 1 is 1.32 bits per heavy atom. The lowest BCUT2D eigenvalue weighted by Crippen LogP contribution is -2.27. The Kier molecular flexibility index (Phi) is 5.53. The molecule has 1 aromatic carbocycles. The Morgan fingerprint density at radius 3 is 2.88 bits per heavy atom. The number of esters is 1. The van der Waals surface area contributed by atoms with E-state index in [-0.39, 0.29) is 35.5 Å². The average Bonchev–Trinajstić information content (AvgIpc) is 2.63. The van der Waals surface area contributed by atoms with Gasteiger partial charge in [-0.3, -0.25) is 19.0 Å². The Labute approximate surface area is 149 Å². The Hall–Kier alpha value is -2.15. The highest BCUT2D eigenvalue weighted by Crippen LogP contribution is 2.31. The quantitative estimate of drug-likeness (QED) is 0.602. The van der Waals surface area contributed by atoms with Gasteiger partial charge in [-0.2, -0.15) is 0 Å². The van der Waals surface area contributed by atoms with Gasteiger partial charge in [0.15, 0.2) is 5.16 Å². The topological polar surface area (TPSA) is 78.3 Å². The average molecular weight is 360 g/mol. The second-order valence-corrected chi connectivity index (χ2v) is 7.18. The zero-order chi connectivity index (χ0) is 17.8. The number of carbonyl (C=O) groups excluding carboxylic acids is 2. The molecule has 0 saturated heterocycles. The van der Waals surface area contributed by atoms with Crippen molar-refractivity contribution in [3.05, 3.63) is 34.6 Å². The molecule has 1 aliphatic rings. The maximum Gasteiger partial charge on any atom is 0.307 e. The van der Waals surface area contributed by atoms with Crippen molar-refractivity contribution in [2.45, 2.75) is 49.1 Å². The Morgan fingerprint density at radius 2 is 2.12 bits per heavy atom. The van der Waals surface area contributed by atoms with Gasteiger partial charge in [0.05, 0.1) is 29.7 Å². The number of aromatic nitrogens is 2. The first kappa shape index (κ1) is 17.7. The van der Waals surface area contributed by atoms with Gasteiger partial charge in [-0.15, -0.1) is 0 Å². The van der Waals surface area contributed by atoms with Crippen LogP contribution >= 0.6 is 11.8 Å². The molecule has 1 aromatic heterocycles. The molecule has 1 heterocycles. The molecule has 1 saturated carbocycles. The summed E-state index contributed by atoms with van der Waals surface area (Å²) in [5.74, 6) is -0.178. The van der Waals surface area contributed by atoms with Crippen LogP contribution < -0.4 is 5.56 Å². The number of nitrogens with zero attached hydrogens (tertiary/aromatic N) is 2. The van der Waals surface area contributed by atoms with Gasteiger partial charge in [-0.1, -0.05) is 30.3 Å². The molecule has 0 bridgehead atoms. The van der Waals surface area contributed by atoms with Gasteiger partial charge in [0.2, 0.25) is 0 Å². The number of fused-ring (bicyclic) bond motifs is 1. The normalized spacial score (nSPS) is 17.6. The van der Waals surface area contributed by atoms with Crippen LogP contribution in [0, 0.1) is 0 Å². The van der Waals surface area contributed by atoms with Crippen molar-refractivity contribution in [3.63, 3.8) is 0 Å². The van der Waals surface area contributed by atoms with Crippen LogP contribution in [-0.4, -0.2) is 33.7 Å². The number of ether oxygens (including phenoxy) is 1. The molecule has 3 rings (SSSR count). The molecule has 1 atom stereocenters. The fourth-order valence-electron chi connectivity index (χ4n) is 2.94. The SMILES string of the molecule is COC(=O)CCn1c(S[C@@H]2CCCCC2=O)nc2ccccc2c1=O. The summed E-state index contributed by atoms with van der Waals surface area (Å²) in [6, 6.07) is 7.12. The first-order chi connectivity index (χ1) is 12.1. The van der Waals surface area contributed by atoms with Crippen molar-refractivity contribution >= 4 is 34.4 Å². The van der Waals surface area contributed by atoms with Crippen molar-refractivity contribution in [3.8, 4) is 0 Å². The summed E-state index contributed by atoms with van der Waals surface area (Å²) in [4.78, 5) is 41.1. The third-order valence-corrected chi connectivity index (χ3v) is 5.65. The third-order valence-electron chi connectivity index (χ3n) is 4.34. The summed E-state index contributed by atoms with van der Waals surface area (Å²) in [6.45, 7) is 0.187. The smallest absolute Gasteiger partial charge is 0.307 e. The number of Topliss-reactive ketones (excluding diaryl/α,β-unsaturated/α-hetero) is 1. The van der Waals surface area contributed by atoms with Gasteiger partial charge in [0, 0.05) is 13.0 Å². The van der Waals surface area contributed by atoms with E-state index in [9.17, 15) is 14.4 Å². The molecular formula is C18H20N2O4S. The second kappa shape index (κ2) is 7.82. The highest BCUT2D eigenvalue weighted by Gasteiger charge is 2.25. The Balaban J connectivity index is 1.99. The molecule has 1 aliphatic carbocycles. The maximum atomic E-state index is 12.8. The van der Waals surface area contributed by atoms with Crippen molar-refractivity contribution in [1.29, 1.82) is 0 Å². The van der Waals surface area contributed by atoms with E-state index in [0.29, 0.717) is 22.5 Å². The highest BCUT2D eigenvalue weighted by molar-refractivity contribution is 8.00. The number of ketones is 1. The number of hydrogen-bond donors (Lipinski definition) is 0. The monoisotopic (exact) mass is 360 g/mol. The molecular weight excluding hydrogens is 340 g/mol. The largest absolute Gasteiger partial charge is 0.469 e. The van der Waals surface area contributed by atoms with E-state index in [4.69, 9.17) is 0 Å². The molecule has 7 heteroatoms. The van der Waals surface area contributed by atoms with E-state index in [1.54, 1.807) is 18.2 Å². The van der Waals surface area contributed by atoms with E-state index in [2.05, 4.69) is 9.72 Å². The fourth-order valence-corrected chi connectivity index (χ4v) is 4.18. The zero-order valence-electron chi connectivity index (χ0n) is 14.1. The number of rotatable bonds is 5. The summed E-state index contributed by atoms with van der Waals surface area (Å²) in [5.41, 5.74) is 0.410. The lowest BCUT2D eigenvalue weighted by atomic mass is 9.99. The van der Waals surface area contributed by atoms with Crippen molar-refractivity contribution in [2.24, 2.45) is 0 Å². The number of para-hydroxylation sites is 1. The molecule has 0 aliphatic heterocycles. The van der Waals surface area contributed by atoms with Gasteiger partial charge in [0.25, 0.3) is 5.56 Å². The summed E-state index contributed by atoms with van der Waals surface area (Å²) < 4.78 is 6.16. The van der Waals surface area contributed by atoms with Crippen molar-refractivity contribution in [1.82, 2.24) is 9.55 Å². The van der Waals surface area contributed by atoms with Gasteiger partial charge in [-0.05, 0) is 25.0 Å². The molecule has 2 aromatic rings. The number of thioether (sulfide) groups is 1. The van der Waals surface area contributed by atoms with Crippen LogP contribution in [0.15, 0.2) is 34.2 Å². The molecule has 0 amide bonds. The number of carbonyl (C=O) groups is 2. The maximum absolute atomic E-state index is 12.8. The molecule has 0 spiro atoms. The molecule has 0 unspecified atom stereocenters. The van der Waals surface area contributed by atoms with Crippen LogP contribution in [-0.2, 0) is 20.9 Å². The lowest BCUT2D eigenvalue weighted by Gasteiger charge is -2.21. The van der Waals surface area contributed by atoms with Crippen LogP contribution in [0.3, 0.4) is 0 Å². The fraction of sp³-hybridized carbons (Fsp3) is 0.444. The van der Waals surface area contributed by atoms with E-state index >= 15 is 0 Å². The summed E-state index contributed by atoms with van der Waals surface area (Å²) in [6.07, 6.45) is 3.39. The molecule has 0 radical (unpaired) electrons. The predicted molar refractivity (Wildman–Crippen MR) is 95.8 cm³/mol. The second-order valence-electron chi connectivity index (χ2n) is 6.01. The van der Waals surface area contributed by atoms with E-state index in [0.717, 1.165) is 19.3 Å². The Bertz CT molecular complexity index is 862. The van der Waals surface area contributed by atoms with Gasteiger partial charge < -0.3 is 4.74 Å². The lowest BCUT2D eigenvalue weighted by molar-refractivity contribution is -0.140. The van der Waals surface area contributed by atoms with Crippen LogP contribution in [0.4, 0.5) is 0 Å². The van der Waals surface area contributed by atoms with Crippen LogP contribution in [0.1, 0.15) is 32.1 Å². The summed E-state index contributed by atoms with van der Waals surface area (Å²) in [7, 11) is 1.32. The van der Waals surface area contributed by atoms with Gasteiger partial charge in [0.1, 0.15) is 5.78 Å². The van der Waals surface area contributed by atoms with Crippen molar-refractivity contribution < 1.29 is 14.3 Å². The standard InChI is InChI=1S/C18H20N2O4S/c1-24-16(22)10-11-20-17(23)12-6-2-3-7-13(12)19-18(20)25-15-9-5-4-8-14(15)21/h2-3,6-7,15H,4-5,8-11H2,1H3/t15-/m1/s1. The predicted octanol–water partition coefficient (Wildman–Crippen LogP) is 2.56. The van der Waals surface area contributed by atoms with E-state index in [1.165, 1.54) is 23.4 Å². The molecule has 132 valence electrons. The summed E-state index contributed by atoms with van der Waals surface area (Å²) in [5, 5.41) is 0.825. The van der Waals surface area contributed by atoms with Crippen molar-refractivity contribution in [2.75, 3.05) is 7.11 Å².